The quantitative estimate of drug-likeness (QED) is 0.750. The van der Waals surface area contributed by atoms with Gasteiger partial charge in [-0.15, -0.1) is 0 Å². The third kappa shape index (κ3) is 4.07. The molecule has 0 aromatic carbocycles. The van der Waals surface area contributed by atoms with Gasteiger partial charge in [-0.2, -0.15) is 0 Å². The van der Waals surface area contributed by atoms with E-state index in [-0.39, 0.29) is 13.0 Å². The maximum absolute atomic E-state index is 11.9. The van der Waals surface area contributed by atoms with Gasteiger partial charge in [-0.3, -0.25) is 23.9 Å². The fraction of sp³-hybridized carbons (Fsp3) is 0.571. The average Bonchev–Trinajstić information content (AvgIpc) is 2.82. The number of nitrogens with one attached hydrogen (secondary N) is 1. The Balaban J connectivity index is 2.23. The first-order valence-electron chi connectivity index (χ1n) is 7.06. The third-order valence-corrected chi connectivity index (χ3v) is 3.40. The maximum Gasteiger partial charge on any atom is 0.330 e. The van der Waals surface area contributed by atoms with Crippen LogP contribution in [0.15, 0.2) is 15.8 Å². The van der Waals surface area contributed by atoms with Crippen LogP contribution in [0.25, 0.3) is 0 Å². The van der Waals surface area contributed by atoms with Crippen LogP contribution in [0, 0.1) is 6.92 Å². The number of H-pyrrole nitrogens is 1. The lowest BCUT2D eigenvalue weighted by atomic mass is 10.2. The molecule has 9 heteroatoms. The molecular weight excluding hydrogens is 308 g/mol. The van der Waals surface area contributed by atoms with Crippen molar-refractivity contribution in [3.8, 4) is 0 Å². The highest BCUT2D eigenvalue weighted by Crippen LogP contribution is 2.30. The molecule has 0 radical (unpaired) electrons. The molecule has 23 heavy (non-hydrogen) atoms. The van der Waals surface area contributed by atoms with Crippen LogP contribution < -0.4 is 11.2 Å². The summed E-state index contributed by atoms with van der Waals surface area (Å²) in [4.78, 5) is 47.6. The van der Waals surface area contributed by atoms with Gasteiger partial charge in [0.15, 0.2) is 0 Å². The zero-order chi connectivity index (χ0) is 17.1. The first-order chi connectivity index (χ1) is 10.8. The van der Waals surface area contributed by atoms with Gasteiger partial charge in [0.25, 0.3) is 5.56 Å². The number of hydrogen-bond donors (Lipinski definition) is 1. The van der Waals surface area contributed by atoms with E-state index in [2.05, 4.69) is 4.98 Å². The molecule has 0 saturated carbocycles. The largest absolute Gasteiger partial charge is 0.463 e. The van der Waals surface area contributed by atoms with Gasteiger partial charge in [-0.25, -0.2) is 4.79 Å². The van der Waals surface area contributed by atoms with Crippen LogP contribution in [0.2, 0.25) is 0 Å². The zero-order valence-corrected chi connectivity index (χ0v) is 13.0. The molecule has 1 N–H and O–H groups in total. The molecule has 1 aliphatic heterocycles. The highest BCUT2D eigenvalue weighted by atomic mass is 16.6. The number of aromatic amines is 1. The lowest BCUT2D eigenvalue weighted by Gasteiger charge is -2.17. The Morgan fingerprint density at radius 1 is 1.35 bits per heavy atom. The minimum absolute atomic E-state index is 0.0964. The molecule has 126 valence electrons. The van der Waals surface area contributed by atoms with Crippen molar-refractivity contribution in [1.29, 1.82) is 0 Å². The van der Waals surface area contributed by atoms with Crippen molar-refractivity contribution < 1.29 is 23.8 Å². The summed E-state index contributed by atoms with van der Waals surface area (Å²) in [5.41, 5.74) is -0.752. The Morgan fingerprint density at radius 2 is 2.04 bits per heavy atom. The predicted molar refractivity (Wildman–Crippen MR) is 76.8 cm³/mol. The highest BCUT2D eigenvalue weighted by Gasteiger charge is 2.39. The molecule has 1 aromatic rings. The second-order valence-corrected chi connectivity index (χ2v) is 5.29. The molecule has 0 amide bonds. The molecule has 2 heterocycles. The average molecular weight is 326 g/mol. The van der Waals surface area contributed by atoms with Crippen molar-refractivity contribution in [3.63, 3.8) is 0 Å². The molecular formula is C14H18N2O7. The number of nitrogens with zero attached hydrogens (tertiary/aromatic N) is 1. The van der Waals surface area contributed by atoms with E-state index < -0.39 is 41.6 Å². The molecule has 9 nitrogen and oxygen atoms in total. The maximum atomic E-state index is 11.9. The van der Waals surface area contributed by atoms with Crippen molar-refractivity contribution in [1.82, 2.24) is 9.55 Å². The van der Waals surface area contributed by atoms with Crippen LogP contribution in [0.3, 0.4) is 0 Å². The molecule has 3 atom stereocenters. The second kappa shape index (κ2) is 6.78. The van der Waals surface area contributed by atoms with E-state index in [4.69, 9.17) is 14.2 Å². The molecule has 1 fully saturated rings. The van der Waals surface area contributed by atoms with Crippen molar-refractivity contribution in [3.05, 3.63) is 32.6 Å². The van der Waals surface area contributed by atoms with Gasteiger partial charge in [0.05, 0.1) is 0 Å². The number of aryl methyl sites for hydroxylation is 1. The first-order valence-corrected chi connectivity index (χ1v) is 7.06. The van der Waals surface area contributed by atoms with Gasteiger partial charge in [-0.1, -0.05) is 0 Å². The van der Waals surface area contributed by atoms with Crippen molar-refractivity contribution in [2.45, 2.75) is 45.6 Å². The molecule has 1 saturated heterocycles. The highest BCUT2D eigenvalue weighted by molar-refractivity contribution is 5.66. The molecule has 0 spiro atoms. The van der Waals surface area contributed by atoms with Crippen LogP contribution >= 0.6 is 0 Å². The van der Waals surface area contributed by atoms with Crippen LogP contribution in [0.5, 0.6) is 0 Å². The second-order valence-electron chi connectivity index (χ2n) is 5.29. The molecule has 1 aliphatic rings. The topological polar surface area (TPSA) is 117 Å². The van der Waals surface area contributed by atoms with E-state index in [1.54, 1.807) is 6.92 Å². The lowest BCUT2D eigenvalue weighted by Crippen LogP contribution is -2.33. The summed E-state index contributed by atoms with van der Waals surface area (Å²) >= 11 is 0. The molecule has 1 aromatic heterocycles. The zero-order valence-electron chi connectivity index (χ0n) is 13.0. The fourth-order valence-electron chi connectivity index (χ4n) is 2.36. The third-order valence-electron chi connectivity index (χ3n) is 3.40. The normalized spacial score (nSPS) is 23.5. The van der Waals surface area contributed by atoms with Crippen LogP contribution in [-0.4, -0.2) is 40.3 Å². The fourth-order valence-corrected chi connectivity index (χ4v) is 2.36. The summed E-state index contributed by atoms with van der Waals surface area (Å²) in [6.45, 7) is 3.97. The Labute approximate surface area is 131 Å². The van der Waals surface area contributed by atoms with E-state index in [9.17, 15) is 19.2 Å². The standard InChI is InChI=1S/C14H18N2O7/c1-7-5-16(14(20)15-13(7)19)12-4-10(22-9(3)18)11(23-12)6-21-8(2)17/h5,10-12H,4,6H2,1-3H3,(H,15,19,20)/t10-,11+,12?/m0/s1. The first kappa shape index (κ1) is 16.9. The van der Waals surface area contributed by atoms with Gasteiger partial charge in [0.2, 0.25) is 0 Å². The Bertz CT molecular complexity index is 721. The van der Waals surface area contributed by atoms with E-state index >= 15 is 0 Å². The van der Waals surface area contributed by atoms with E-state index in [0.717, 1.165) is 0 Å². The van der Waals surface area contributed by atoms with Gasteiger partial charge in [0.1, 0.15) is 25.0 Å². The molecule has 2 rings (SSSR count). The summed E-state index contributed by atoms with van der Waals surface area (Å²) in [5.74, 6) is -0.993. The van der Waals surface area contributed by atoms with Crippen LogP contribution in [0.1, 0.15) is 32.1 Å². The Hall–Kier alpha value is -2.42. The van der Waals surface area contributed by atoms with E-state index in [1.807, 2.05) is 0 Å². The SMILES string of the molecule is CC(=O)OC[C@H]1OC(n2cc(C)c(=O)[nH]c2=O)C[C@@H]1OC(C)=O. The number of aromatic nitrogens is 2. The van der Waals surface area contributed by atoms with Crippen molar-refractivity contribution in [2.75, 3.05) is 6.61 Å². The number of esters is 2. The van der Waals surface area contributed by atoms with E-state index in [0.29, 0.717) is 5.56 Å². The van der Waals surface area contributed by atoms with Crippen molar-refractivity contribution in [2.24, 2.45) is 0 Å². The Morgan fingerprint density at radius 3 is 2.65 bits per heavy atom. The van der Waals surface area contributed by atoms with E-state index in [1.165, 1.54) is 24.6 Å². The summed E-state index contributed by atoms with van der Waals surface area (Å²) in [6, 6.07) is 0. The minimum atomic E-state index is -0.733. The monoisotopic (exact) mass is 326 g/mol. The summed E-state index contributed by atoms with van der Waals surface area (Å²) in [7, 11) is 0. The van der Waals surface area contributed by atoms with Crippen LogP contribution in [-0.2, 0) is 23.8 Å². The van der Waals surface area contributed by atoms with Crippen molar-refractivity contribution >= 4 is 11.9 Å². The predicted octanol–water partition coefficient (Wildman–Crippen LogP) is -0.373. The molecule has 0 aliphatic carbocycles. The molecule has 0 bridgehead atoms. The number of carbonyl (C=O) groups is 2. The van der Waals surface area contributed by atoms with Gasteiger partial charge in [0, 0.05) is 32.0 Å². The van der Waals surface area contributed by atoms with Gasteiger partial charge < -0.3 is 14.2 Å². The number of hydrogen-bond acceptors (Lipinski definition) is 7. The van der Waals surface area contributed by atoms with Gasteiger partial charge in [-0.05, 0) is 6.92 Å². The summed E-state index contributed by atoms with van der Waals surface area (Å²) in [6.07, 6.45) is -0.493. The number of ether oxygens (including phenoxy) is 3. The molecule has 1 unspecified atom stereocenters. The number of rotatable bonds is 4. The smallest absolute Gasteiger partial charge is 0.330 e. The Kier molecular flexibility index (Phi) is 4.99. The summed E-state index contributed by atoms with van der Waals surface area (Å²) in [5, 5.41) is 0. The number of carbonyl (C=O) groups excluding carboxylic acids is 2. The summed E-state index contributed by atoms with van der Waals surface area (Å²) < 4.78 is 17.0. The minimum Gasteiger partial charge on any atom is -0.463 e. The lowest BCUT2D eigenvalue weighted by molar-refractivity contribution is -0.155. The van der Waals surface area contributed by atoms with Gasteiger partial charge >= 0.3 is 17.6 Å². The van der Waals surface area contributed by atoms with Crippen LogP contribution in [0.4, 0.5) is 0 Å².